The molecule has 0 aliphatic heterocycles. The van der Waals surface area contributed by atoms with Gasteiger partial charge in [0.15, 0.2) is 0 Å². The Morgan fingerprint density at radius 3 is 2.92 bits per heavy atom. The minimum atomic E-state index is -0.368. The molecular weight excluding hydrogens is 170 g/mol. The Labute approximate surface area is 77.0 Å². The standard InChI is InChI=1S/C9H15NOS/c1-2-9(11)8(10)6-7-4-3-5-12-7/h3-5,8-9,11H,2,6,10H2,1H3. The van der Waals surface area contributed by atoms with Crippen molar-refractivity contribution in [2.45, 2.75) is 31.9 Å². The predicted molar refractivity (Wildman–Crippen MR) is 52.3 cm³/mol. The predicted octanol–water partition coefficient (Wildman–Crippen LogP) is 1.39. The van der Waals surface area contributed by atoms with Gasteiger partial charge in [0.05, 0.1) is 6.10 Å². The second-order valence-electron chi connectivity index (χ2n) is 2.92. The van der Waals surface area contributed by atoms with Crippen LogP contribution >= 0.6 is 11.3 Å². The highest BCUT2D eigenvalue weighted by molar-refractivity contribution is 7.09. The molecule has 0 fully saturated rings. The lowest BCUT2D eigenvalue weighted by Crippen LogP contribution is -2.35. The quantitative estimate of drug-likeness (QED) is 0.744. The molecule has 3 heteroatoms. The molecule has 0 amide bonds. The number of thiophene rings is 1. The lowest BCUT2D eigenvalue weighted by molar-refractivity contribution is 0.140. The van der Waals surface area contributed by atoms with Gasteiger partial charge in [-0.25, -0.2) is 0 Å². The molecule has 0 aliphatic rings. The molecule has 0 aliphatic carbocycles. The average molecular weight is 185 g/mol. The van der Waals surface area contributed by atoms with E-state index in [4.69, 9.17) is 5.73 Å². The number of hydrogen-bond acceptors (Lipinski definition) is 3. The van der Waals surface area contributed by atoms with E-state index in [0.29, 0.717) is 0 Å². The van der Waals surface area contributed by atoms with Gasteiger partial charge in [0.25, 0.3) is 0 Å². The molecule has 3 N–H and O–H groups in total. The Bertz CT molecular complexity index is 210. The fourth-order valence-electron chi connectivity index (χ4n) is 1.10. The molecule has 0 aromatic carbocycles. The summed E-state index contributed by atoms with van der Waals surface area (Å²) in [6.07, 6.45) is 1.14. The summed E-state index contributed by atoms with van der Waals surface area (Å²) >= 11 is 1.69. The summed E-state index contributed by atoms with van der Waals surface area (Å²) in [5, 5.41) is 11.4. The Morgan fingerprint density at radius 2 is 2.42 bits per heavy atom. The second-order valence-corrected chi connectivity index (χ2v) is 3.96. The van der Waals surface area contributed by atoms with Gasteiger partial charge >= 0.3 is 0 Å². The van der Waals surface area contributed by atoms with Crippen LogP contribution in [0.4, 0.5) is 0 Å². The van der Waals surface area contributed by atoms with Crippen molar-refractivity contribution in [1.82, 2.24) is 0 Å². The van der Waals surface area contributed by atoms with Crippen LogP contribution in [0, 0.1) is 0 Å². The molecule has 1 aromatic rings. The van der Waals surface area contributed by atoms with E-state index in [9.17, 15) is 5.11 Å². The smallest absolute Gasteiger partial charge is 0.0692 e. The molecule has 0 bridgehead atoms. The number of hydrogen-bond donors (Lipinski definition) is 2. The van der Waals surface area contributed by atoms with Crippen molar-refractivity contribution in [3.05, 3.63) is 22.4 Å². The zero-order valence-electron chi connectivity index (χ0n) is 7.23. The molecule has 0 saturated heterocycles. The molecule has 12 heavy (non-hydrogen) atoms. The fourth-order valence-corrected chi connectivity index (χ4v) is 1.88. The van der Waals surface area contributed by atoms with Gasteiger partial charge in [0.2, 0.25) is 0 Å². The van der Waals surface area contributed by atoms with Crippen molar-refractivity contribution in [2.24, 2.45) is 5.73 Å². The van der Waals surface area contributed by atoms with Gasteiger partial charge in [-0.2, -0.15) is 0 Å². The van der Waals surface area contributed by atoms with E-state index in [1.54, 1.807) is 11.3 Å². The lowest BCUT2D eigenvalue weighted by atomic mass is 10.1. The summed E-state index contributed by atoms with van der Waals surface area (Å²) < 4.78 is 0. The van der Waals surface area contributed by atoms with E-state index >= 15 is 0 Å². The van der Waals surface area contributed by atoms with Gasteiger partial charge in [-0.3, -0.25) is 0 Å². The molecule has 1 aromatic heterocycles. The van der Waals surface area contributed by atoms with E-state index in [0.717, 1.165) is 12.8 Å². The van der Waals surface area contributed by atoms with Crippen molar-refractivity contribution in [2.75, 3.05) is 0 Å². The molecule has 0 spiro atoms. The first kappa shape index (κ1) is 9.71. The summed E-state index contributed by atoms with van der Waals surface area (Å²) in [5.41, 5.74) is 5.78. The van der Waals surface area contributed by atoms with E-state index in [2.05, 4.69) is 0 Å². The van der Waals surface area contributed by atoms with Crippen molar-refractivity contribution < 1.29 is 5.11 Å². The first-order chi connectivity index (χ1) is 5.74. The van der Waals surface area contributed by atoms with Gasteiger partial charge < -0.3 is 10.8 Å². The maximum atomic E-state index is 9.40. The Morgan fingerprint density at radius 1 is 1.67 bits per heavy atom. The summed E-state index contributed by atoms with van der Waals surface area (Å²) in [6.45, 7) is 1.94. The van der Waals surface area contributed by atoms with Gasteiger partial charge in [-0.05, 0) is 24.3 Å². The fraction of sp³-hybridized carbons (Fsp3) is 0.556. The number of nitrogens with two attached hydrogens (primary N) is 1. The normalized spacial score (nSPS) is 15.9. The topological polar surface area (TPSA) is 46.2 Å². The molecule has 0 saturated carbocycles. The minimum Gasteiger partial charge on any atom is -0.392 e. The Kier molecular flexibility index (Phi) is 3.72. The van der Waals surface area contributed by atoms with E-state index in [1.807, 2.05) is 24.4 Å². The molecule has 0 radical (unpaired) electrons. The Hall–Kier alpha value is -0.380. The van der Waals surface area contributed by atoms with Crippen LogP contribution in [-0.2, 0) is 6.42 Å². The summed E-state index contributed by atoms with van der Waals surface area (Å²) in [6, 6.07) is 3.94. The van der Waals surface area contributed by atoms with Crippen LogP contribution in [0.15, 0.2) is 17.5 Å². The first-order valence-corrected chi connectivity index (χ1v) is 5.08. The molecule has 2 atom stereocenters. The van der Waals surface area contributed by atoms with Gasteiger partial charge in [-0.15, -0.1) is 11.3 Å². The molecule has 1 heterocycles. The average Bonchev–Trinajstić information content (AvgIpc) is 2.55. The first-order valence-electron chi connectivity index (χ1n) is 4.20. The molecule has 2 unspecified atom stereocenters. The van der Waals surface area contributed by atoms with Gasteiger partial charge in [-0.1, -0.05) is 13.0 Å². The van der Waals surface area contributed by atoms with Crippen LogP contribution in [0.1, 0.15) is 18.2 Å². The van der Waals surface area contributed by atoms with E-state index in [-0.39, 0.29) is 12.1 Å². The highest BCUT2D eigenvalue weighted by Gasteiger charge is 2.12. The third-order valence-corrected chi connectivity index (χ3v) is 2.83. The lowest BCUT2D eigenvalue weighted by Gasteiger charge is -2.15. The maximum Gasteiger partial charge on any atom is 0.0692 e. The third kappa shape index (κ3) is 2.59. The highest BCUT2D eigenvalue weighted by atomic mass is 32.1. The molecular formula is C9H15NOS. The zero-order valence-corrected chi connectivity index (χ0v) is 8.05. The van der Waals surface area contributed by atoms with Crippen LogP contribution in [0.2, 0.25) is 0 Å². The van der Waals surface area contributed by atoms with Gasteiger partial charge in [0, 0.05) is 10.9 Å². The maximum absolute atomic E-state index is 9.40. The Balaban J connectivity index is 2.41. The molecule has 2 nitrogen and oxygen atoms in total. The van der Waals surface area contributed by atoms with Crippen molar-refractivity contribution in [3.63, 3.8) is 0 Å². The van der Waals surface area contributed by atoms with Crippen LogP contribution in [0.3, 0.4) is 0 Å². The summed E-state index contributed by atoms with van der Waals surface area (Å²) in [7, 11) is 0. The van der Waals surface area contributed by atoms with E-state index in [1.165, 1.54) is 4.88 Å². The summed E-state index contributed by atoms with van der Waals surface area (Å²) in [5.74, 6) is 0. The van der Waals surface area contributed by atoms with Crippen molar-refractivity contribution >= 4 is 11.3 Å². The number of rotatable bonds is 4. The van der Waals surface area contributed by atoms with Gasteiger partial charge in [0.1, 0.15) is 0 Å². The van der Waals surface area contributed by atoms with Crippen LogP contribution in [-0.4, -0.2) is 17.3 Å². The largest absolute Gasteiger partial charge is 0.392 e. The molecule has 68 valence electrons. The third-order valence-electron chi connectivity index (χ3n) is 1.93. The second kappa shape index (κ2) is 4.60. The van der Waals surface area contributed by atoms with Crippen LogP contribution in [0.5, 0.6) is 0 Å². The molecule has 1 rings (SSSR count). The van der Waals surface area contributed by atoms with Crippen molar-refractivity contribution in [3.8, 4) is 0 Å². The van der Waals surface area contributed by atoms with Crippen LogP contribution in [0.25, 0.3) is 0 Å². The zero-order chi connectivity index (χ0) is 8.97. The van der Waals surface area contributed by atoms with Crippen molar-refractivity contribution in [1.29, 1.82) is 0 Å². The highest BCUT2D eigenvalue weighted by Crippen LogP contribution is 2.12. The number of aliphatic hydroxyl groups is 1. The summed E-state index contributed by atoms with van der Waals surface area (Å²) in [4.78, 5) is 1.25. The van der Waals surface area contributed by atoms with E-state index < -0.39 is 0 Å². The monoisotopic (exact) mass is 185 g/mol. The van der Waals surface area contributed by atoms with Crippen LogP contribution < -0.4 is 5.73 Å². The minimum absolute atomic E-state index is 0.117. The number of aliphatic hydroxyl groups excluding tert-OH is 1. The SMILES string of the molecule is CCC(O)C(N)Cc1cccs1.